The van der Waals surface area contributed by atoms with Crippen LogP contribution in [0.2, 0.25) is 0 Å². The number of rotatable bonds is 8. The highest BCUT2D eigenvalue weighted by molar-refractivity contribution is 5.85. The fourth-order valence-corrected chi connectivity index (χ4v) is 1.34. The molecule has 0 aliphatic carbocycles. The zero-order valence-corrected chi connectivity index (χ0v) is 11.0. The standard InChI is InChI=1S/C12H18N2O5/c1-3-19-11(16)5-4-10(15)14-9(12(17)18)6-8(2)7-13/h8-9H,3-6H2,1-2H3,(H,14,15)(H,17,18)/t8-,9+/m0/s1. The Bertz CT molecular complexity index is 375. The molecule has 0 spiro atoms. The first kappa shape index (κ1) is 16.9. The average molecular weight is 270 g/mol. The largest absolute Gasteiger partial charge is 0.480 e. The van der Waals surface area contributed by atoms with E-state index in [2.05, 4.69) is 10.1 Å². The summed E-state index contributed by atoms with van der Waals surface area (Å²) >= 11 is 0. The lowest BCUT2D eigenvalue weighted by atomic mass is 10.0. The SMILES string of the molecule is CCOC(=O)CCC(=O)N[C@H](C[C@H](C)C#N)C(=O)O. The maximum atomic E-state index is 11.5. The van der Waals surface area contributed by atoms with E-state index in [0.29, 0.717) is 0 Å². The van der Waals surface area contributed by atoms with Crippen LogP contribution in [-0.2, 0) is 19.1 Å². The van der Waals surface area contributed by atoms with Crippen molar-refractivity contribution in [3.05, 3.63) is 0 Å². The summed E-state index contributed by atoms with van der Waals surface area (Å²) in [6.45, 7) is 3.46. The van der Waals surface area contributed by atoms with Gasteiger partial charge in [-0.15, -0.1) is 0 Å². The van der Waals surface area contributed by atoms with E-state index < -0.39 is 29.8 Å². The van der Waals surface area contributed by atoms with Gasteiger partial charge in [0, 0.05) is 12.3 Å². The molecule has 0 radical (unpaired) electrons. The first-order valence-electron chi connectivity index (χ1n) is 5.98. The smallest absolute Gasteiger partial charge is 0.326 e. The van der Waals surface area contributed by atoms with Crippen molar-refractivity contribution in [2.45, 2.75) is 39.2 Å². The van der Waals surface area contributed by atoms with Crippen molar-refractivity contribution in [2.24, 2.45) is 5.92 Å². The van der Waals surface area contributed by atoms with Crippen LogP contribution in [0.15, 0.2) is 0 Å². The van der Waals surface area contributed by atoms with Crippen LogP contribution in [0.5, 0.6) is 0 Å². The van der Waals surface area contributed by atoms with E-state index in [9.17, 15) is 14.4 Å². The molecule has 0 fully saturated rings. The van der Waals surface area contributed by atoms with E-state index in [4.69, 9.17) is 10.4 Å². The lowest BCUT2D eigenvalue weighted by Crippen LogP contribution is -2.41. The fourth-order valence-electron chi connectivity index (χ4n) is 1.34. The maximum absolute atomic E-state index is 11.5. The highest BCUT2D eigenvalue weighted by Gasteiger charge is 2.22. The minimum atomic E-state index is -1.20. The van der Waals surface area contributed by atoms with Crippen LogP contribution in [0.1, 0.15) is 33.1 Å². The van der Waals surface area contributed by atoms with E-state index in [-0.39, 0.29) is 25.9 Å². The van der Waals surface area contributed by atoms with Gasteiger partial charge in [0.25, 0.3) is 0 Å². The first-order valence-corrected chi connectivity index (χ1v) is 5.98. The molecule has 0 saturated carbocycles. The molecular formula is C12H18N2O5. The van der Waals surface area contributed by atoms with Gasteiger partial charge in [0.05, 0.1) is 19.1 Å². The number of nitriles is 1. The van der Waals surface area contributed by atoms with E-state index >= 15 is 0 Å². The van der Waals surface area contributed by atoms with Gasteiger partial charge in [-0.25, -0.2) is 4.79 Å². The number of aliphatic carboxylic acids is 1. The Morgan fingerprint density at radius 1 is 1.37 bits per heavy atom. The second-order valence-electron chi connectivity index (χ2n) is 4.03. The fraction of sp³-hybridized carbons (Fsp3) is 0.667. The van der Waals surface area contributed by atoms with Gasteiger partial charge in [-0.2, -0.15) is 5.26 Å². The Morgan fingerprint density at radius 2 is 2.00 bits per heavy atom. The van der Waals surface area contributed by atoms with Crippen LogP contribution >= 0.6 is 0 Å². The van der Waals surface area contributed by atoms with Crippen molar-refractivity contribution in [1.82, 2.24) is 5.32 Å². The molecule has 7 nitrogen and oxygen atoms in total. The number of nitrogens with zero attached hydrogens (tertiary/aromatic N) is 1. The predicted molar refractivity (Wildman–Crippen MR) is 64.8 cm³/mol. The minimum Gasteiger partial charge on any atom is -0.480 e. The van der Waals surface area contributed by atoms with Gasteiger partial charge in [-0.1, -0.05) is 0 Å². The zero-order valence-electron chi connectivity index (χ0n) is 11.0. The van der Waals surface area contributed by atoms with Crippen molar-refractivity contribution in [3.8, 4) is 6.07 Å². The van der Waals surface area contributed by atoms with Gasteiger partial charge in [0.1, 0.15) is 6.04 Å². The lowest BCUT2D eigenvalue weighted by molar-refractivity contribution is -0.145. The topological polar surface area (TPSA) is 116 Å². The van der Waals surface area contributed by atoms with Crippen LogP contribution in [-0.4, -0.2) is 35.6 Å². The van der Waals surface area contributed by atoms with Crippen LogP contribution < -0.4 is 5.32 Å². The van der Waals surface area contributed by atoms with Crippen LogP contribution in [0.3, 0.4) is 0 Å². The summed E-state index contributed by atoms with van der Waals surface area (Å²) in [4.78, 5) is 33.4. The third-order valence-corrected chi connectivity index (χ3v) is 2.30. The molecule has 0 bridgehead atoms. The molecule has 0 aromatic carbocycles. The molecule has 1 amide bonds. The summed E-state index contributed by atoms with van der Waals surface area (Å²) in [6.07, 6.45) is -0.208. The number of carbonyl (C=O) groups is 3. The Labute approximate surface area is 111 Å². The normalized spacial score (nSPS) is 12.9. The molecule has 0 aliphatic rings. The third-order valence-electron chi connectivity index (χ3n) is 2.30. The van der Waals surface area contributed by atoms with Crippen molar-refractivity contribution in [2.75, 3.05) is 6.61 Å². The zero-order chi connectivity index (χ0) is 14.8. The predicted octanol–water partition coefficient (Wildman–Crippen LogP) is 0.449. The molecule has 7 heteroatoms. The molecule has 0 aliphatic heterocycles. The molecule has 0 heterocycles. The molecule has 0 saturated heterocycles. The van der Waals surface area contributed by atoms with Gasteiger partial charge < -0.3 is 15.2 Å². The number of amides is 1. The molecular weight excluding hydrogens is 252 g/mol. The summed E-state index contributed by atoms with van der Waals surface area (Å²) in [5.41, 5.74) is 0. The van der Waals surface area contributed by atoms with E-state index in [1.165, 1.54) is 0 Å². The Morgan fingerprint density at radius 3 is 2.47 bits per heavy atom. The third kappa shape index (κ3) is 7.76. The van der Waals surface area contributed by atoms with Crippen molar-refractivity contribution in [1.29, 1.82) is 5.26 Å². The summed E-state index contributed by atoms with van der Waals surface area (Å²) in [7, 11) is 0. The molecule has 0 aromatic heterocycles. The molecule has 0 unspecified atom stereocenters. The number of carboxylic acids is 1. The number of hydrogen-bond donors (Lipinski definition) is 2. The summed E-state index contributed by atoms with van der Waals surface area (Å²) in [5.74, 6) is -2.74. The Hall–Kier alpha value is -2.10. The van der Waals surface area contributed by atoms with Crippen LogP contribution in [0, 0.1) is 17.2 Å². The molecule has 19 heavy (non-hydrogen) atoms. The summed E-state index contributed by atoms with van der Waals surface area (Å²) < 4.78 is 4.65. The average Bonchev–Trinajstić information content (AvgIpc) is 2.35. The van der Waals surface area contributed by atoms with Gasteiger partial charge in [-0.05, 0) is 20.3 Å². The van der Waals surface area contributed by atoms with Gasteiger partial charge in [0.15, 0.2) is 0 Å². The summed E-state index contributed by atoms with van der Waals surface area (Å²) in [6, 6.07) is 0.781. The van der Waals surface area contributed by atoms with Crippen LogP contribution in [0.4, 0.5) is 0 Å². The highest BCUT2D eigenvalue weighted by Crippen LogP contribution is 2.05. The van der Waals surface area contributed by atoms with Crippen molar-refractivity contribution >= 4 is 17.8 Å². The second-order valence-corrected chi connectivity index (χ2v) is 4.03. The summed E-state index contributed by atoms with van der Waals surface area (Å²) in [5, 5.41) is 19.8. The van der Waals surface area contributed by atoms with E-state index in [1.807, 2.05) is 6.07 Å². The van der Waals surface area contributed by atoms with Gasteiger partial charge >= 0.3 is 11.9 Å². The quantitative estimate of drug-likeness (QED) is 0.618. The number of carbonyl (C=O) groups excluding carboxylic acids is 2. The molecule has 106 valence electrons. The van der Waals surface area contributed by atoms with Gasteiger partial charge in [-0.3, -0.25) is 9.59 Å². The maximum Gasteiger partial charge on any atom is 0.326 e. The number of esters is 1. The monoisotopic (exact) mass is 270 g/mol. The Balaban J connectivity index is 4.22. The number of ether oxygens (including phenoxy) is 1. The van der Waals surface area contributed by atoms with E-state index in [1.54, 1.807) is 13.8 Å². The minimum absolute atomic E-state index is 0.0248. The molecule has 0 rings (SSSR count). The number of carboxylic acid groups (broad SMARTS) is 1. The van der Waals surface area contributed by atoms with E-state index in [0.717, 1.165) is 0 Å². The molecule has 2 N–H and O–H groups in total. The van der Waals surface area contributed by atoms with Crippen molar-refractivity contribution in [3.63, 3.8) is 0 Å². The number of nitrogens with one attached hydrogen (secondary N) is 1. The molecule has 2 atom stereocenters. The first-order chi connectivity index (χ1) is 8.90. The molecule has 0 aromatic rings. The number of hydrogen-bond acceptors (Lipinski definition) is 5. The lowest BCUT2D eigenvalue weighted by Gasteiger charge is -2.15. The Kier molecular flexibility index (Phi) is 7.93. The van der Waals surface area contributed by atoms with Gasteiger partial charge in [0.2, 0.25) is 5.91 Å². The highest BCUT2D eigenvalue weighted by atomic mass is 16.5. The van der Waals surface area contributed by atoms with Crippen molar-refractivity contribution < 1.29 is 24.2 Å². The van der Waals surface area contributed by atoms with Crippen LogP contribution in [0.25, 0.3) is 0 Å². The second kappa shape index (κ2) is 8.91.